The Morgan fingerprint density at radius 1 is 1.13 bits per heavy atom. The van der Waals surface area contributed by atoms with Crippen molar-refractivity contribution in [2.24, 2.45) is 0 Å². The maximum Gasteiger partial charge on any atom is 0.254 e. The van der Waals surface area contributed by atoms with Crippen molar-refractivity contribution in [1.82, 2.24) is 9.80 Å². The van der Waals surface area contributed by atoms with E-state index < -0.39 is 0 Å². The summed E-state index contributed by atoms with van der Waals surface area (Å²) in [4.78, 5) is 29.4. The monoisotopic (exact) mass is 464 g/mol. The molecule has 31 heavy (non-hydrogen) atoms. The van der Waals surface area contributed by atoms with E-state index in [0.717, 1.165) is 5.56 Å². The molecule has 6 nitrogen and oxygen atoms in total. The predicted molar refractivity (Wildman–Crippen MR) is 121 cm³/mol. The van der Waals surface area contributed by atoms with Crippen LogP contribution in [0, 0.1) is 6.92 Å². The number of carbonyl (C=O) groups is 2. The van der Waals surface area contributed by atoms with E-state index in [1.165, 1.54) is 0 Å². The normalized spacial score (nSPS) is 16.3. The number of methoxy groups -OCH3 is 1. The molecule has 3 rings (SSSR count). The lowest BCUT2D eigenvalue weighted by atomic mass is 10.1. The topological polar surface area (TPSA) is 59.1 Å². The molecule has 166 valence electrons. The predicted octanol–water partition coefficient (Wildman–Crippen LogP) is 3.93. The number of carbonyl (C=O) groups excluding carboxylic acids is 2. The van der Waals surface area contributed by atoms with E-state index in [9.17, 15) is 9.59 Å². The molecule has 0 N–H and O–H groups in total. The van der Waals surface area contributed by atoms with Gasteiger partial charge in [0.2, 0.25) is 0 Å². The Morgan fingerprint density at radius 3 is 2.52 bits per heavy atom. The van der Waals surface area contributed by atoms with E-state index >= 15 is 0 Å². The van der Waals surface area contributed by atoms with E-state index in [0.29, 0.717) is 60.6 Å². The summed E-state index contributed by atoms with van der Waals surface area (Å²) >= 11 is 12.0. The molecule has 0 aromatic heterocycles. The Bertz CT molecular complexity index is 920. The highest BCUT2D eigenvalue weighted by atomic mass is 35.5. The lowest BCUT2D eigenvalue weighted by Gasteiger charge is -2.36. The van der Waals surface area contributed by atoms with Gasteiger partial charge in [0.25, 0.3) is 11.8 Å². The van der Waals surface area contributed by atoms with Crippen LogP contribution in [0.5, 0.6) is 0 Å². The number of aryl methyl sites for hydroxylation is 1. The van der Waals surface area contributed by atoms with E-state index in [1.54, 1.807) is 35.1 Å². The Hall–Kier alpha value is -2.12. The van der Waals surface area contributed by atoms with Gasteiger partial charge in [-0.15, -0.1) is 0 Å². The van der Waals surface area contributed by atoms with Crippen LogP contribution < -0.4 is 0 Å². The van der Waals surface area contributed by atoms with Crippen LogP contribution in [0.3, 0.4) is 0 Å². The van der Waals surface area contributed by atoms with Crippen LogP contribution in [0.15, 0.2) is 42.5 Å². The van der Waals surface area contributed by atoms with Gasteiger partial charge < -0.3 is 19.3 Å². The first-order chi connectivity index (χ1) is 14.9. The molecular weight excluding hydrogens is 439 g/mol. The molecule has 1 aliphatic heterocycles. The first kappa shape index (κ1) is 23.5. The van der Waals surface area contributed by atoms with Crippen LogP contribution >= 0.6 is 23.2 Å². The molecule has 1 saturated heterocycles. The largest absolute Gasteiger partial charge is 0.383 e. The number of amides is 2. The molecule has 0 saturated carbocycles. The minimum atomic E-state index is -0.299. The second-order valence-electron chi connectivity index (χ2n) is 7.48. The third-order valence-corrected chi connectivity index (χ3v) is 5.91. The van der Waals surface area contributed by atoms with Gasteiger partial charge in [-0.2, -0.15) is 0 Å². The van der Waals surface area contributed by atoms with Crippen molar-refractivity contribution in [2.45, 2.75) is 13.0 Å². The fourth-order valence-electron chi connectivity index (χ4n) is 3.43. The molecule has 0 bridgehead atoms. The molecule has 8 heteroatoms. The number of benzene rings is 2. The Morgan fingerprint density at radius 2 is 1.84 bits per heavy atom. The Labute approximate surface area is 192 Å². The quantitative estimate of drug-likeness (QED) is 0.622. The summed E-state index contributed by atoms with van der Waals surface area (Å²) in [7, 11) is 1.60. The van der Waals surface area contributed by atoms with Crippen LogP contribution in [0.4, 0.5) is 0 Å². The summed E-state index contributed by atoms with van der Waals surface area (Å²) in [6, 6.07) is 12.3. The molecule has 1 unspecified atom stereocenters. The van der Waals surface area contributed by atoms with Crippen molar-refractivity contribution < 1.29 is 19.1 Å². The SMILES string of the molecule is COCCN(CC1CN(C(=O)c2ccc(Cl)c(Cl)c2)CCO1)C(=O)c1ccc(C)cc1. The third-order valence-electron chi connectivity index (χ3n) is 5.17. The molecule has 2 aromatic rings. The summed E-state index contributed by atoms with van der Waals surface area (Å²) in [6.07, 6.45) is -0.299. The number of rotatable bonds is 7. The van der Waals surface area contributed by atoms with E-state index in [1.807, 2.05) is 31.2 Å². The molecule has 1 aliphatic rings. The number of hydrogen-bond acceptors (Lipinski definition) is 4. The van der Waals surface area contributed by atoms with E-state index in [4.69, 9.17) is 32.7 Å². The highest BCUT2D eigenvalue weighted by Gasteiger charge is 2.28. The molecular formula is C23H26Cl2N2O4. The highest BCUT2D eigenvalue weighted by molar-refractivity contribution is 6.42. The van der Waals surface area contributed by atoms with Crippen LogP contribution in [-0.4, -0.2) is 74.2 Å². The average molecular weight is 465 g/mol. The summed E-state index contributed by atoms with van der Waals surface area (Å²) < 4.78 is 11.1. The van der Waals surface area contributed by atoms with Crippen molar-refractivity contribution in [3.63, 3.8) is 0 Å². The zero-order valence-electron chi connectivity index (χ0n) is 17.6. The van der Waals surface area contributed by atoms with Crippen LogP contribution in [0.25, 0.3) is 0 Å². The zero-order valence-corrected chi connectivity index (χ0v) is 19.2. The minimum absolute atomic E-state index is 0.0893. The van der Waals surface area contributed by atoms with Gasteiger partial charge in [-0.3, -0.25) is 9.59 Å². The fraction of sp³-hybridized carbons (Fsp3) is 0.391. The number of morpholine rings is 1. The summed E-state index contributed by atoms with van der Waals surface area (Å²) in [6.45, 7) is 4.44. The number of hydrogen-bond donors (Lipinski definition) is 0. The van der Waals surface area contributed by atoms with Crippen LogP contribution in [0.1, 0.15) is 26.3 Å². The summed E-state index contributed by atoms with van der Waals surface area (Å²) in [5.74, 6) is -0.228. The summed E-state index contributed by atoms with van der Waals surface area (Å²) in [5.41, 5.74) is 2.18. The molecule has 0 radical (unpaired) electrons. The molecule has 1 heterocycles. The lowest BCUT2D eigenvalue weighted by molar-refractivity contribution is -0.0346. The van der Waals surface area contributed by atoms with Crippen molar-refractivity contribution in [1.29, 1.82) is 0 Å². The fourth-order valence-corrected chi connectivity index (χ4v) is 3.73. The van der Waals surface area contributed by atoms with Crippen molar-refractivity contribution in [2.75, 3.05) is 46.5 Å². The van der Waals surface area contributed by atoms with Gasteiger partial charge in [0, 0.05) is 44.4 Å². The number of halogens is 2. The molecule has 2 amide bonds. The first-order valence-corrected chi connectivity index (χ1v) is 10.9. The molecule has 1 fully saturated rings. The van der Waals surface area contributed by atoms with E-state index in [-0.39, 0.29) is 17.9 Å². The minimum Gasteiger partial charge on any atom is -0.383 e. The molecule has 1 atom stereocenters. The summed E-state index contributed by atoms with van der Waals surface area (Å²) in [5, 5.41) is 0.744. The smallest absolute Gasteiger partial charge is 0.254 e. The molecule has 2 aromatic carbocycles. The van der Waals surface area contributed by atoms with Crippen LogP contribution in [-0.2, 0) is 9.47 Å². The van der Waals surface area contributed by atoms with Gasteiger partial charge in [0.05, 0.1) is 29.4 Å². The average Bonchev–Trinajstić information content (AvgIpc) is 2.78. The molecule has 0 spiro atoms. The first-order valence-electron chi connectivity index (χ1n) is 10.1. The molecule has 0 aliphatic carbocycles. The highest BCUT2D eigenvalue weighted by Crippen LogP contribution is 2.24. The van der Waals surface area contributed by atoms with Gasteiger partial charge in [0.1, 0.15) is 0 Å². The second kappa shape index (κ2) is 11.0. The van der Waals surface area contributed by atoms with Gasteiger partial charge >= 0.3 is 0 Å². The van der Waals surface area contributed by atoms with Crippen molar-refractivity contribution in [3.05, 3.63) is 69.2 Å². The van der Waals surface area contributed by atoms with Gasteiger partial charge in [-0.05, 0) is 37.3 Å². The van der Waals surface area contributed by atoms with E-state index in [2.05, 4.69) is 0 Å². The standard InChI is InChI=1S/C23H26Cl2N2O4/c1-16-3-5-17(6-4-16)22(28)26(9-11-30-2)14-19-15-27(10-12-31-19)23(29)18-7-8-20(24)21(25)13-18/h3-8,13,19H,9-12,14-15H2,1-2H3. The van der Waals surface area contributed by atoms with Gasteiger partial charge in [-0.25, -0.2) is 0 Å². The number of ether oxygens (including phenoxy) is 2. The third kappa shape index (κ3) is 6.20. The van der Waals surface area contributed by atoms with Gasteiger partial charge in [-0.1, -0.05) is 40.9 Å². The maximum absolute atomic E-state index is 13.0. The Balaban J connectivity index is 1.69. The van der Waals surface area contributed by atoms with Gasteiger partial charge in [0.15, 0.2) is 0 Å². The Kier molecular flexibility index (Phi) is 8.32. The van der Waals surface area contributed by atoms with Crippen molar-refractivity contribution in [3.8, 4) is 0 Å². The zero-order chi connectivity index (χ0) is 22.4. The van der Waals surface area contributed by atoms with Crippen molar-refractivity contribution >= 4 is 35.0 Å². The maximum atomic E-state index is 13.0. The lowest BCUT2D eigenvalue weighted by Crippen LogP contribution is -2.51. The van der Waals surface area contributed by atoms with Crippen LogP contribution in [0.2, 0.25) is 10.0 Å². The number of nitrogens with zero attached hydrogens (tertiary/aromatic N) is 2. The second-order valence-corrected chi connectivity index (χ2v) is 8.30.